The van der Waals surface area contributed by atoms with Crippen LogP contribution in [0.15, 0.2) is 12.1 Å². The summed E-state index contributed by atoms with van der Waals surface area (Å²) in [6.45, 7) is 17.6. The van der Waals surface area contributed by atoms with Crippen LogP contribution in [0.4, 0.5) is 11.4 Å². The fourth-order valence-corrected chi connectivity index (χ4v) is 5.39. The van der Waals surface area contributed by atoms with Gasteiger partial charge in [0.05, 0.1) is 25.1 Å². The van der Waals surface area contributed by atoms with Crippen LogP contribution in [-0.4, -0.2) is 30.6 Å². The molecule has 0 heterocycles. The molecule has 0 spiro atoms. The summed E-state index contributed by atoms with van der Waals surface area (Å²) in [7, 11) is -1.14. The van der Waals surface area contributed by atoms with Gasteiger partial charge in [0, 0.05) is 45.7 Å². The van der Waals surface area contributed by atoms with Crippen LogP contribution in [0.25, 0.3) is 4.85 Å². The van der Waals surface area contributed by atoms with E-state index >= 15 is 0 Å². The first-order chi connectivity index (χ1) is 9.91. The average molecular weight is 394 g/mol. The Morgan fingerprint density at radius 1 is 1.14 bits per heavy atom. The van der Waals surface area contributed by atoms with Crippen molar-refractivity contribution < 1.29 is 37.5 Å². The van der Waals surface area contributed by atoms with Crippen LogP contribution in [0, 0.1) is 20.4 Å². The Labute approximate surface area is 160 Å². The third-order valence-corrected chi connectivity index (χ3v) is 9.39. The molecule has 0 unspecified atom stereocenters. The summed E-state index contributed by atoms with van der Waals surface area (Å²) >= 11 is 0. The first-order valence-electron chi connectivity index (χ1n) is 7.55. The molecule has 0 atom stereocenters. The second kappa shape index (κ2) is 9.76. The van der Waals surface area contributed by atoms with Crippen molar-refractivity contribution in [2.45, 2.75) is 34.6 Å². The normalized spacial score (nSPS) is 10.5. The standard InChI is InChI=1S/C17H25N2OP.Y/c1-7-21(8-2,9-3)12-16(20)19-17-13(4)10-15(18-6)11-14(17)5;/h10-11H,7-9,12H2,1-5H3;/p+1. The van der Waals surface area contributed by atoms with Crippen LogP contribution in [0.5, 0.6) is 0 Å². The first-order valence-corrected chi connectivity index (χ1v) is 10.1. The monoisotopic (exact) mass is 394 g/mol. The van der Waals surface area contributed by atoms with E-state index < -0.39 is 7.26 Å². The zero-order chi connectivity index (χ0) is 16.0. The molecule has 0 aromatic heterocycles. The topological polar surface area (TPSA) is 33.5 Å². The summed E-state index contributed by atoms with van der Waals surface area (Å²) in [5.41, 5.74) is 3.42. The van der Waals surface area contributed by atoms with Gasteiger partial charge in [0.2, 0.25) is 0 Å². The SMILES string of the molecule is [C-]#[N+]c1cc(C)c(NC(=O)C[P+](CC)(CC)CC)c(C)c1.[Y]. The quantitative estimate of drug-likeness (QED) is 0.542. The predicted octanol–water partition coefficient (Wildman–Crippen LogP) is 4.87. The van der Waals surface area contributed by atoms with Gasteiger partial charge in [-0.2, -0.15) is 0 Å². The zero-order valence-corrected chi connectivity index (χ0v) is 18.1. The molecule has 3 nitrogen and oxygen atoms in total. The van der Waals surface area contributed by atoms with Gasteiger partial charge in [0.1, 0.15) is 6.16 Å². The number of hydrogen-bond acceptors (Lipinski definition) is 1. The van der Waals surface area contributed by atoms with Crippen LogP contribution >= 0.6 is 7.26 Å². The molecule has 1 rings (SSSR count). The molecule has 117 valence electrons. The Bertz CT molecular complexity index is 531. The molecule has 0 aliphatic heterocycles. The summed E-state index contributed by atoms with van der Waals surface area (Å²) in [6, 6.07) is 3.66. The molecule has 1 N–H and O–H groups in total. The summed E-state index contributed by atoms with van der Waals surface area (Å²) in [5.74, 6) is 0.121. The van der Waals surface area contributed by atoms with Crippen molar-refractivity contribution in [2.24, 2.45) is 0 Å². The maximum atomic E-state index is 12.4. The molecule has 0 fully saturated rings. The second-order valence-corrected chi connectivity index (χ2v) is 10.5. The van der Waals surface area contributed by atoms with Gasteiger partial charge in [-0.15, -0.1) is 0 Å². The Morgan fingerprint density at radius 3 is 1.95 bits per heavy atom. The minimum atomic E-state index is -1.14. The maximum absolute atomic E-state index is 12.4. The van der Waals surface area contributed by atoms with Crippen LogP contribution in [0.3, 0.4) is 0 Å². The number of benzene rings is 1. The number of aryl methyl sites for hydroxylation is 2. The summed E-state index contributed by atoms with van der Waals surface area (Å²) in [6.07, 6.45) is 4.05. The van der Waals surface area contributed by atoms with Crippen molar-refractivity contribution in [1.29, 1.82) is 0 Å². The summed E-state index contributed by atoms with van der Waals surface area (Å²) in [5, 5.41) is 3.07. The number of hydrogen-bond donors (Lipinski definition) is 1. The number of carbonyl (C=O) groups excluding carboxylic acids is 1. The molecule has 1 aromatic carbocycles. The van der Waals surface area contributed by atoms with E-state index in [1.54, 1.807) is 0 Å². The number of rotatable bonds is 6. The molecule has 5 heteroatoms. The van der Waals surface area contributed by atoms with Gasteiger partial charge in [0.15, 0.2) is 5.69 Å². The van der Waals surface area contributed by atoms with Gasteiger partial charge in [-0.05, 0) is 45.7 Å². The van der Waals surface area contributed by atoms with Crippen LogP contribution in [-0.2, 0) is 37.5 Å². The Morgan fingerprint density at radius 2 is 1.59 bits per heavy atom. The van der Waals surface area contributed by atoms with Crippen molar-refractivity contribution in [2.75, 3.05) is 30.0 Å². The van der Waals surface area contributed by atoms with Crippen molar-refractivity contribution >= 4 is 24.5 Å². The molecule has 0 saturated carbocycles. The van der Waals surface area contributed by atoms with Crippen molar-refractivity contribution in [1.82, 2.24) is 0 Å². The van der Waals surface area contributed by atoms with E-state index in [0.29, 0.717) is 11.8 Å². The van der Waals surface area contributed by atoms with E-state index in [0.717, 1.165) is 35.3 Å². The van der Waals surface area contributed by atoms with Crippen molar-refractivity contribution in [3.8, 4) is 0 Å². The third-order valence-electron chi connectivity index (χ3n) is 4.40. The minimum Gasteiger partial charge on any atom is -0.323 e. The molecule has 0 saturated heterocycles. The van der Waals surface area contributed by atoms with Crippen molar-refractivity contribution in [3.63, 3.8) is 0 Å². The molecule has 0 bridgehead atoms. The Kier molecular flexibility index (Phi) is 9.64. The molecule has 1 radical (unpaired) electrons. The maximum Gasteiger partial charge on any atom is 0.261 e. The molecule has 0 aliphatic rings. The van der Waals surface area contributed by atoms with Crippen LogP contribution in [0.2, 0.25) is 0 Å². The number of amides is 1. The van der Waals surface area contributed by atoms with Gasteiger partial charge in [-0.1, -0.05) is 12.1 Å². The fraction of sp³-hybridized carbons (Fsp3) is 0.529. The van der Waals surface area contributed by atoms with E-state index in [-0.39, 0.29) is 38.6 Å². The Hall–Kier alpha value is -0.286. The molecule has 22 heavy (non-hydrogen) atoms. The van der Waals surface area contributed by atoms with E-state index in [4.69, 9.17) is 6.57 Å². The molecular weight excluding hydrogens is 368 g/mol. The largest absolute Gasteiger partial charge is 0.323 e. The van der Waals surface area contributed by atoms with Gasteiger partial charge in [-0.3, -0.25) is 4.79 Å². The summed E-state index contributed by atoms with van der Waals surface area (Å²) < 4.78 is 0. The number of carbonyl (C=O) groups is 1. The van der Waals surface area contributed by atoms with Crippen LogP contribution in [0.1, 0.15) is 31.9 Å². The number of nitrogens with zero attached hydrogens (tertiary/aromatic N) is 1. The van der Waals surface area contributed by atoms with E-state index in [1.807, 2.05) is 26.0 Å². The molecular formula is C17H26N2OPY+. The minimum absolute atomic E-state index is 0. The number of anilines is 1. The summed E-state index contributed by atoms with van der Waals surface area (Å²) in [4.78, 5) is 15.9. The zero-order valence-electron chi connectivity index (χ0n) is 14.4. The third kappa shape index (κ3) is 5.41. The average Bonchev–Trinajstić information content (AvgIpc) is 2.48. The first kappa shape index (κ1) is 21.7. The fourth-order valence-electron chi connectivity index (χ4n) is 2.69. The Balaban J connectivity index is 0.00000441. The number of nitrogens with one attached hydrogen (secondary N) is 1. The van der Waals surface area contributed by atoms with Gasteiger partial charge in [0.25, 0.3) is 5.91 Å². The van der Waals surface area contributed by atoms with Gasteiger partial charge in [-0.25, -0.2) is 4.85 Å². The predicted molar refractivity (Wildman–Crippen MR) is 94.2 cm³/mol. The smallest absolute Gasteiger partial charge is 0.261 e. The van der Waals surface area contributed by atoms with E-state index in [9.17, 15) is 4.79 Å². The van der Waals surface area contributed by atoms with Gasteiger partial charge >= 0.3 is 0 Å². The van der Waals surface area contributed by atoms with Gasteiger partial charge < -0.3 is 5.32 Å². The second-order valence-electron chi connectivity index (χ2n) is 5.56. The molecule has 0 aliphatic carbocycles. The molecule has 1 amide bonds. The van der Waals surface area contributed by atoms with E-state index in [1.165, 1.54) is 0 Å². The van der Waals surface area contributed by atoms with Crippen molar-refractivity contribution in [3.05, 3.63) is 34.7 Å². The van der Waals surface area contributed by atoms with Crippen LogP contribution < -0.4 is 5.32 Å². The molecule has 1 aromatic rings. The van der Waals surface area contributed by atoms with E-state index in [2.05, 4.69) is 30.9 Å².